The Morgan fingerprint density at radius 3 is 2.11 bits per heavy atom. The molecule has 8 rings (SSSR count). The molecule has 0 aromatic heterocycles. The van der Waals surface area contributed by atoms with Crippen LogP contribution in [0.4, 0.5) is 28.4 Å². The number of benzene rings is 4. The largest absolute Gasteiger partial charge is 0.504 e. The van der Waals surface area contributed by atoms with Gasteiger partial charge in [0.25, 0.3) is 0 Å². The number of rotatable bonds is 8. The number of hydrogen-bond acceptors (Lipinski definition) is 11. The third kappa shape index (κ3) is 5.39. The molecule has 0 radical (unpaired) electrons. The van der Waals surface area contributed by atoms with E-state index in [-0.39, 0.29) is 41.4 Å². The highest BCUT2D eigenvalue weighted by Crippen LogP contribution is 2.65. The zero-order valence-corrected chi connectivity index (χ0v) is 31.5. The second-order valence-electron chi connectivity index (χ2n) is 14.8. The molecule has 4 aromatic carbocycles. The number of amides is 4. The summed E-state index contributed by atoms with van der Waals surface area (Å²) in [5.74, 6) is -7.54. The van der Waals surface area contributed by atoms with Crippen molar-refractivity contribution in [3.8, 4) is 11.5 Å². The molecule has 4 amide bonds. The topological polar surface area (TPSA) is 194 Å². The van der Waals surface area contributed by atoms with Gasteiger partial charge in [0.2, 0.25) is 23.6 Å². The second-order valence-corrected chi connectivity index (χ2v) is 15.2. The fraction of sp³-hybridized carbons (Fsp3) is 0.268. The van der Waals surface area contributed by atoms with Crippen LogP contribution in [0.15, 0.2) is 96.6 Å². The Morgan fingerprint density at radius 2 is 1.51 bits per heavy atom. The molecule has 0 spiro atoms. The normalized spacial score (nSPS) is 25.1. The molecule has 6 atom stereocenters. The zero-order valence-electron chi connectivity index (χ0n) is 30.7. The van der Waals surface area contributed by atoms with E-state index >= 15 is 4.79 Å². The Balaban J connectivity index is 1.33. The maximum atomic E-state index is 15.4. The molecule has 57 heavy (non-hydrogen) atoms. The fourth-order valence-corrected chi connectivity index (χ4v) is 9.90. The number of nitro benzene ring substituents is 2. The van der Waals surface area contributed by atoms with Crippen molar-refractivity contribution in [2.45, 2.75) is 24.2 Å². The smallest absolute Gasteiger partial charge is 0.301 e. The van der Waals surface area contributed by atoms with Gasteiger partial charge in [0.05, 0.1) is 51.5 Å². The molecule has 4 aliphatic rings. The summed E-state index contributed by atoms with van der Waals surface area (Å²) in [7, 11) is 4.20. The lowest BCUT2D eigenvalue weighted by Crippen LogP contribution is -2.53. The number of carbonyl (C=O) groups excluding carboxylic acids is 4. The van der Waals surface area contributed by atoms with Gasteiger partial charge in [-0.2, -0.15) is 0 Å². The van der Waals surface area contributed by atoms with Crippen LogP contribution in [0.3, 0.4) is 0 Å². The molecular weight excluding hydrogens is 758 g/mol. The van der Waals surface area contributed by atoms with E-state index in [1.54, 1.807) is 60.7 Å². The van der Waals surface area contributed by atoms with Gasteiger partial charge in [-0.15, -0.1) is 0 Å². The quantitative estimate of drug-likeness (QED) is 0.0911. The van der Waals surface area contributed by atoms with Gasteiger partial charge in [-0.3, -0.25) is 39.4 Å². The number of fused-ring (bicyclic) bond motifs is 4. The van der Waals surface area contributed by atoms with Gasteiger partial charge in [-0.05, 0) is 60.2 Å². The minimum absolute atomic E-state index is 0.0197. The van der Waals surface area contributed by atoms with Crippen molar-refractivity contribution in [3.63, 3.8) is 0 Å². The molecule has 290 valence electrons. The molecule has 15 nitrogen and oxygen atoms in total. The predicted octanol–water partition coefficient (Wildman–Crippen LogP) is 6.30. The van der Waals surface area contributed by atoms with Crippen LogP contribution in [0, 0.1) is 43.9 Å². The maximum Gasteiger partial charge on any atom is 0.301 e. The number of allylic oxidation sites excluding steroid dienone is 2. The van der Waals surface area contributed by atoms with E-state index in [1.807, 2.05) is 6.08 Å². The first-order chi connectivity index (χ1) is 27.2. The molecule has 16 heteroatoms. The predicted molar refractivity (Wildman–Crippen MR) is 207 cm³/mol. The van der Waals surface area contributed by atoms with Gasteiger partial charge in [0, 0.05) is 37.2 Å². The van der Waals surface area contributed by atoms with Crippen molar-refractivity contribution in [1.29, 1.82) is 0 Å². The maximum absolute atomic E-state index is 15.4. The van der Waals surface area contributed by atoms with E-state index in [4.69, 9.17) is 16.3 Å². The van der Waals surface area contributed by atoms with E-state index in [1.165, 1.54) is 38.2 Å². The molecule has 0 bridgehead atoms. The number of ether oxygens (including phenoxy) is 1. The number of phenolic OH excluding ortho intramolecular Hbond substituents is 1. The van der Waals surface area contributed by atoms with E-state index in [2.05, 4.69) is 0 Å². The van der Waals surface area contributed by atoms with Gasteiger partial charge in [-0.1, -0.05) is 65.7 Å². The number of methoxy groups -OCH3 is 1. The first-order valence-corrected chi connectivity index (χ1v) is 18.4. The minimum Gasteiger partial charge on any atom is -0.504 e. The van der Waals surface area contributed by atoms with Crippen LogP contribution in [0.1, 0.15) is 29.9 Å². The van der Waals surface area contributed by atoms with Gasteiger partial charge in [-0.25, -0.2) is 9.80 Å². The minimum atomic E-state index is -1.61. The average molecular weight is 792 g/mol. The standard InChI is InChI=1S/C41H34ClN5O10/c1-43(2)36-30(46(53)54)18-25(19-31(36)47(55)56)44-37(49)27-14-13-26-28(34(27)39(44)51)20-29-38(50)45(24-11-7-10-23(42)17-24)40(52)41(29,22-8-5-4-6-9-22)35(26)21-12-15-33(57-3)32(48)16-21/h4-13,15-19,27-29,34-35,48H,14,20H2,1-3H3. The summed E-state index contributed by atoms with van der Waals surface area (Å²) in [4.78, 5) is 85.4. The van der Waals surface area contributed by atoms with Crippen LogP contribution in [-0.2, 0) is 24.6 Å². The zero-order chi connectivity index (χ0) is 40.7. The number of nitro groups is 2. The number of anilines is 3. The second kappa shape index (κ2) is 13.5. The molecule has 2 heterocycles. The summed E-state index contributed by atoms with van der Waals surface area (Å²) < 4.78 is 5.34. The van der Waals surface area contributed by atoms with Crippen LogP contribution in [-0.4, -0.2) is 59.8 Å². The summed E-state index contributed by atoms with van der Waals surface area (Å²) in [5, 5.41) is 35.9. The van der Waals surface area contributed by atoms with E-state index in [0.29, 0.717) is 21.7 Å². The summed E-state index contributed by atoms with van der Waals surface area (Å²) in [6.07, 6.45) is 1.79. The van der Waals surface area contributed by atoms with E-state index in [0.717, 1.165) is 21.9 Å². The molecular formula is C41H34ClN5O10. The number of imide groups is 2. The average Bonchev–Trinajstić information content (AvgIpc) is 3.58. The molecule has 2 aliphatic heterocycles. The number of nitrogens with zero attached hydrogens (tertiary/aromatic N) is 5. The monoisotopic (exact) mass is 791 g/mol. The Morgan fingerprint density at radius 1 is 0.825 bits per heavy atom. The number of hydrogen-bond donors (Lipinski definition) is 1. The SMILES string of the molecule is COc1ccc(C2C3=CCC4C(=O)N(c5cc([N+](=O)[O-])c(N(C)C)c([N+](=O)[O-])c5)C(=O)C4C3CC3C(=O)N(c4cccc(Cl)c4)C(=O)C32c2ccccc2)cc1O. The number of aromatic hydroxyl groups is 1. The summed E-state index contributed by atoms with van der Waals surface area (Å²) >= 11 is 6.38. The summed E-state index contributed by atoms with van der Waals surface area (Å²) in [6, 6.07) is 21.9. The van der Waals surface area contributed by atoms with Crippen LogP contribution < -0.4 is 19.4 Å². The fourth-order valence-electron chi connectivity index (χ4n) is 9.72. The van der Waals surface area contributed by atoms with Crippen molar-refractivity contribution in [1.82, 2.24) is 0 Å². The lowest BCUT2D eigenvalue weighted by atomic mass is 9.49. The summed E-state index contributed by atoms with van der Waals surface area (Å²) in [5.41, 5.74) is -1.76. The molecule has 2 saturated heterocycles. The summed E-state index contributed by atoms with van der Waals surface area (Å²) in [6.45, 7) is 0. The van der Waals surface area contributed by atoms with Gasteiger partial charge in [0.15, 0.2) is 17.2 Å². The number of phenols is 1. The first kappa shape index (κ1) is 37.3. The van der Waals surface area contributed by atoms with Crippen molar-refractivity contribution in [2.24, 2.45) is 23.7 Å². The lowest BCUT2D eigenvalue weighted by molar-refractivity contribution is -0.392. The molecule has 3 fully saturated rings. The van der Waals surface area contributed by atoms with Crippen LogP contribution in [0.2, 0.25) is 5.02 Å². The third-order valence-corrected chi connectivity index (χ3v) is 12.1. The lowest BCUT2D eigenvalue weighted by Gasteiger charge is -2.50. The Kier molecular flexibility index (Phi) is 8.87. The Bertz CT molecular complexity index is 2440. The molecule has 6 unspecified atom stereocenters. The molecule has 2 aliphatic carbocycles. The number of carbonyl (C=O) groups is 4. The Labute approximate surface area is 330 Å². The number of halogens is 1. The van der Waals surface area contributed by atoms with Crippen molar-refractivity contribution < 1.29 is 38.9 Å². The van der Waals surface area contributed by atoms with Gasteiger partial charge >= 0.3 is 11.4 Å². The highest BCUT2D eigenvalue weighted by atomic mass is 35.5. The Hall–Kier alpha value is -6.61. The van der Waals surface area contributed by atoms with Crippen molar-refractivity contribution >= 4 is 63.7 Å². The highest BCUT2D eigenvalue weighted by molar-refractivity contribution is 6.32. The van der Waals surface area contributed by atoms with Crippen LogP contribution in [0.25, 0.3) is 0 Å². The van der Waals surface area contributed by atoms with Gasteiger partial charge < -0.3 is 14.7 Å². The van der Waals surface area contributed by atoms with E-state index in [9.17, 15) is 39.7 Å². The van der Waals surface area contributed by atoms with Gasteiger partial charge in [0.1, 0.15) is 0 Å². The van der Waals surface area contributed by atoms with Crippen LogP contribution in [0.5, 0.6) is 11.5 Å². The molecule has 4 aromatic rings. The van der Waals surface area contributed by atoms with Crippen LogP contribution >= 0.6 is 11.6 Å². The van der Waals surface area contributed by atoms with E-state index < -0.39 is 79.9 Å². The van der Waals surface area contributed by atoms with Crippen molar-refractivity contribution in [3.05, 3.63) is 133 Å². The van der Waals surface area contributed by atoms with Crippen molar-refractivity contribution in [2.75, 3.05) is 35.9 Å². The molecule has 1 saturated carbocycles. The first-order valence-electron chi connectivity index (χ1n) is 18.0. The highest BCUT2D eigenvalue weighted by Gasteiger charge is 2.70. The molecule has 1 N–H and O–H groups in total. The third-order valence-electron chi connectivity index (χ3n) is 11.9.